The Bertz CT molecular complexity index is 266. The maximum absolute atomic E-state index is 8.88. The number of thioether (sulfide) groups is 2. The molecule has 0 aromatic heterocycles. The highest BCUT2D eigenvalue weighted by atomic mass is 32.2. The molecule has 0 unspecified atom stereocenters. The second-order valence-electron chi connectivity index (χ2n) is 4.58. The summed E-state index contributed by atoms with van der Waals surface area (Å²) < 4.78 is -0.149. The summed E-state index contributed by atoms with van der Waals surface area (Å²) >= 11 is 3.72. The monoisotopic (exact) mass is 291 g/mol. The molecule has 1 saturated heterocycles. The second kappa shape index (κ2) is 8.17. The maximum atomic E-state index is 8.88. The summed E-state index contributed by atoms with van der Waals surface area (Å²) in [6.07, 6.45) is 5.26. The number of likely N-dealkylation sites (tertiary alicyclic amines) is 1. The van der Waals surface area contributed by atoms with Gasteiger partial charge in [0.05, 0.1) is 4.75 Å². The second-order valence-corrected chi connectivity index (χ2v) is 7.16. The van der Waals surface area contributed by atoms with Gasteiger partial charge in [-0.2, -0.15) is 23.5 Å². The first-order valence-electron chi connectivity index (χ1n) is 6.51. The molecular formula is C12H25N3OS2. The first-order valence-corrected chi connectivity index (χ1v) is 8.89. The lowest BCUT2D eigenvalue weighted by Crippen LogP contribution is -2.50. The van der Waals surface area contributed by atoms with E-state index < -0.39 is 0 Å². The summed E-state index contributed by atoms with van der Waals surface area (Å²) in [5.74, 6) is 2.84. The van der Waals surface area contributed by atoms with E-state index >= 15 is 0 Å². The van der Waals surface area contributed by atoms with Crippen LogP contribution in [0.4, 0.5) is 0 Å². The molecule has 18 heavy (non-hydrogen) atoms. The van der Waals surface area contributed by atoms with Gasteiger partial charge in [-0.25, -0.2) is 0 Å². The number of piperidine rings is 1. The van der Waals surface area contributed by atoms with Crippen LogP contribution in [0.1, 0.15) is 26.2 Å². The lowest BCUT2D eigenvalue weighted by molar-refractivity contribution is 0.218. The zero-order valence-electron chi connectivity index (χ0n) is 11.4. The molecule has 1 aliphatic heterocycles. The Kier molecular flexibility index (Phi) is 7.26. The van der Waals surface area contributed by atoms with Crippen LogP contribution in [0.3, 0.4) is 0 Å². The Balaban J connectivity index is 2.35. The van der Waals surface area contributed by atoms with Crippen molar-refractivity contribution in [1.82, 2.24) is 4.90 Å². The normalized spacial score (nSPS) is 21.1. The zero-order valence-corrected chi connectivity index (χ0v) is 13.0. The van der Waals surface area contributed by atoms with Gasteiger partial charge in [0.1, 0.15) is 0 Å². The van der Waals surface area contributed by atoms with Gasteiger partial charge >= 0.3 is 0 Å². The van der Waals surface area contributed by atoms with E-state index in [1.54, 1.807) is 11.8 Å². The van der Waals surface area contributed by atoms with Crippen LogP contribution in [0.15, 0.2) is 5.16 Å². The Morgan fingerprint density at radius 1 is 1.44 bits per heavy atom. The Morgan fingerprint density at radius 3 is 2.61 bits per heavy atom. The summed E-state index contributed by atoms with van der Waals surface area (Å²) in [5.41, 5.74) is 5.84. The van der Waals surface area contributed by atoms with Gasteiger partial charge < -0.3 is 15.8 Å². The highest BCUT2D eigenvalue weighted by Gasteiger charge is 2.37. The van der Waals surface area contributed by atoms with E-state index in [0.29, 0.717) is 5.84 Å². The van der Waals surface area contributed by atoms with E-state index in [1.807, 2.05) is 18.0 Å². The molecule has 3 N–H and O–H groups in total. The van der Waals surface area contributed by atoms with Gasteiger partial charge in [-0.1, -0.05) is 12.1 Å². The fourth-order valence-corrected chi connectivity index (χ4v) is 3.79. The molecule has 0 atom stereocenters. The smallest absolute Gasteiger partial charge is 0.155 e. The summed E-state index contributed by atoms with van der Waals surface area (Å²) in [6, 6.07) is 0. The third-order valence-corrected chi connectivity index (χ3v) is 5.98. The van der Waals surface area contributed by atoms with Crippen LogP contribution in [0.2, 0.25) is 0 Å². The maximum Gasteiger partial charge on any atom is 0.155 e. The number of nitrogens with two attached hydrogens (primary N) is 1. The van der Waals surface area contributed by atoms with Crippen LogP contribution in [-0.2, 0) is 0 Å². The molecule has 1 rings (SSSR count). The number of hydrogen-bond donors (Lipinski definition) is 2. The van der Waals surface area contributed by atoms with Gasteiger partial charge in [0.2, 0.25) is 0 Å². The van der Waals surface area contributed by atoms with Crippen molar-refractivity contribution >= 4 is 29.4 Å². The molecule has 6 heteroatoms. The van der Waals surface area contributed by atoms with Gasteiger partial charge in [-0.15, -0.1) is 0 Å². The summed E-state index contributed by atoms with van der Waals surface area (Å²) in [6.45, 7) is 5.48. The van der Waals surface area contributed by atoms with Crippen molar-refractivity contribution in [3.63, 3.8) is 0 Å². The summed E-state index contributed by atoms with van der Waals surface area (Å²) in [7, 11) is 0. The van der Waals surface area contributed by atoms with E-state index in [2.05, 4.69) is 17.0 Å². The molecule has 0 aromatic rings. The molecular weight excluding hydrogens is 266 g/mol. The number of hydrogen-bond acceptors (Lipinski definition) is 5. The van der Waals surface area contributed by atoms with E-state index in [-0.39, 0.29) is 4.75 Å². The lowest BCUT2D eigenvalue weighted by Gasteiger charge is -2.39. The Labute approximate surface area is 119 Å². The van der Waals surface area contributed by atoms with Crippen LogP contribution >= 0.6 is 23.5 Å². The predicted octanol–water partition coefficient (Wildman–Crippen LogP) is 2.07. The molecule has 0 aromatic carbocycles. The van der Waals surface area contributed by atoms with E-state index in [1.165, 1.54) is 24.5 Å². The first kappa shape index (κ1) is 16.0. The molecule has 0 spiro atoms. The lowest BCUT2D eigenvalue weighted by atomic mass is 9.94. The SMILES string of the molecule is CCSCCCN1CCC(SC)(C(N)=NO)CC1. The van der Waals surface area contributed by atoms with E-state index in [4.69, 9.17) is 10.9 Å². The molecule has 0 bridgehead atoms. The van der Waals surface area contributed by atoms with Crippen LogP contribution < -0.4 is 5.73 Å². The minimum atomic E-state index is -0.149. The molecule has 0 saturated carbocycles. The standard InChI is InChI=1S/C12H25N3OS2/c1-3-18-10-4-7-15-8-5-12(17-2,6-9-15)11(13)14-16/h16H,3-10H2,1-2H3,(H2,13,14). The van der Waals surface area contributed by atoms with Crippen molar-refractivity contribution in [3.8, 4) is 0 Å². The van der Waals surface area contributed by atoms with Crippen molar-refractivity contribution in [2.24, 2.45) is 10.9 Å². The molecule has 0 radical (unpaired) electrons. The zero-order chi connectivity index (χ0) is 13.4. The number of nitrogens with zero attached hydrogens (tertiary/aromatic N) is 2. The quantitative estimate of drug-likeness (QED) is 0.247. The van der Waals surface area contributed by atoms with Gasteiger partial charge in [0.25, 0.3) is 0 Å². The summed E-state index contributed by atoms with van der Waals surface area (Å²) in [5, 5.41) is 12.1. The Hall–Kier alpha value is -0.0700. The van der Waals surface area contributed by atoms with E-state index in [9.17, 15) is 0 Å². The third-order valence-electron chi connectivity index (χ3n) is 3.60. The minimum Gasteiger partial charge on any atom is -0.409 e. The molecule has 0 amide bonds. The average Bonchev–Trinajstić information content (AvgIpc) is 2.43. The molecule has 1 fully saturated rings. The van der Waals surface area contributed by atoms with E-state index in [0.717, 1.165) is 25.9 Å². The van der Waals surface area contributed by atoms with Gasteiger partial charge in [-0.3, -0.25) is 0 Å². The predicted molar refractivity (Wildman–Crippen MR) is 82.9 cm³/mol. The fourth-order valence-electron chi connectivity index (χ4n) is 2.33. The van der Waals surface area contributed by atoms with Crippen LogP contribution in [0, 0.1) is 0 Å². The number of oxime groups is 1. The molecule has 1 aliphatic rings. The van der Waals surface area contributed by atoms with Crippen LogP contribution in [-0.4, -0.2) is 58.1 Å². The molecule has 106 valence electrons. The van der Waals surface area contributed by atoms with Gasteiger partial charge in [0, 0.05) is 0 Å². The van der Waals surface area contributed by atoms with Crippen molar-refractivity contribution in [2.45, 2.75) is 30.9 Å². The largest absolute Gasteiger partial charge is 0.409 e. The Morgan fingerprint density at radius 2 is 2.11 bits per heavy atom. The van der Waals surface area contributed by atoms with Crippen molar-refractivity contribution in [1.29, 1.82) is 0 Å². The minimum absolute atomic E-state index is 0.149. The van der Waals surface area contributed by atoms with Crippen molar-refractivity contribution < 1.29 is 5.21 Å². The van der Waals surface area contributed by atoms with Crippen LogP contribution in [0.25, 0.3) is 0 Å². The molecule has 4 nitrogen and oxygen atoms in total. The average molecular weight is 291 g/mol. The molecule has 1 heterocycles. The topological polar surface area (TPSA) is 61.8 Å². The van der Waals surface area contributed by atoms with Crippen LogP contribution in [0.5, 0.6) is 0 Å². The van der Waals surface area contributed by atoms with Crippen molar-refractivity contribution in [3.05, 3.63) is 0 Å². The number of rotatable bonds is 7. The fraction of sp³-hybridized carbons (Fsp3) is 0.917. The highest BCUT2D eigenvalue weighted by Crippen LogP contribution is 2.34. The molecule has 0 aliphatic carbocycles. The first-order chi connectivity index (χ1) is 8.68. The van der Waals surface area contributed by atoms with Gasteiger partial charge in [0.15, 0.2) is 5.84 Å². The van der Waals surface area contributed by atoms with Crippen molar-refractivity contribution in [2.75, 3.05) is 37.4 Å². The third kappa shape index (κ3) is 4.24. The number of amidine groups is 1. The highest BCUT2D eigenvalue weighted by molar-refractivity contribution is 8.00. The summed E-state index contributed by atoms with van der Waals surface area (Å²) in [4.78, 5) is 2.50. The van der Waals surface area contributed by atoms with Gasteiger partial charge in [-0.05, 0) is 56.7 Å².